The summed E-state index contributed by atoms with van der Waals surface area (Å²) in [7, 11) is 0. The highest BCUT2D eigenvalue weighted by molar-refractivity contribution is 5.84. The van der Waals surface area contributed by atoms with E-state index in [0.29, 0.717) is 18.5 Å². The molecule has 0 aliphatic heterocycles. The van der Waals surface area contributed by atoms with E-state index in [2.05, 4.69) is 5.10 Å². The zero-order valence-corrected chi connectivity index (χ0v) is 10.1. The number of carboxylic acid groups (broad SMARTS) is 1. The predicted molar refractivity (Wildman–Crippen MR) is 66.8 cm³/mol. The summed E-state index contributed by atoms with van der Waals surface area (Å²) in [6, 6.07) is 9.73. The molecule has 0 atom stereocenters. The van der Waals surface area contributed by atoms with Crippen LogP contribution in [-0.4, -0.2) is 20.9 Å². The van der Waals surface area contributed by atoms with Gasteiger partial charge in [0, 0.05) is 6.20 Å². The summed E-state index contributed by atoms with van der Waals surface area (Å²) in [5.41, 5.74) is 2.05. The van der Waals surface area contributed by atoms with Crippen molar-refractivity contribution in [1.82, 2.24) is 9.78 Å². The second-order valence-corrected chi connectivity index (χ2v) is 4.82. The molecule has 4 nitrogen and oxygen atoms in total. The third kappa shape index (κ3) is 1.53. The molecule has 4 heteroatoms. The molecule has 1 heterocycles. The van der Waals surface area contributed by atoms with Crippen molar-refractivity contribution in [1.29, 1.82) is 0 Å². The van der Waals surface area contributed by atoms with Gasteiger partial charge in [0.15, 0.2) is 0 Å². The van der Waals surface area contributed by atoms with Crippen LogP contribution < -0.4 is 0 Å². The quantitative estimate of drug-likeness (QED) is 0.898. The number of aromatic nitrogens is 2. The van der Waals surface area contributed by atoms with Gasteiger partial charge in [0.1, 0.15) is 5.41 Å². The minimum Gasteiger partial charge on any atom is -0.481 e. The summed E-state index contributed by atoms with van der Waals surface area (Å²) in [6.45, 7) is 2.01. The number of rotatable bonds is 3. The number of para-hydroxylation sites is 1. The Kier molecular flexibility index (Phi) is 2.26. The van der Waals surface area contributed by atoms with E-state index in [-0.39, 0.29) is 0 Å². The molecule has 0 radical (unpaired) electrons. The number of carboxylic acids is 1. The molecule has 92 valence electrons. The van der Waals surface area contributed by atoms with Gasteiger partial charge in [-0.15, -0.1) is 0 Å². The fourth-order valence-electron chi connectivity index (χ4n) is 2.24. The molecule has 3 rings (SSSR count). The Balaban J connectivity index is 2.01. The van der Waals surface area contributed by atoms with Crippen molar-refractivity contribution in [3.05, 3.63) is 47.8 Å². The van der Waals surface area contributed by atoms with Gasteiger partial charge in [-0.3, -0.25) is 4.79 Å². The maximum atomic E-state index is 11.2. The maximum Gasteiger partial charge on any atom is 0.315 e. The SMILES string of the molecule is Cc1ccccc1-n1ccc(C2(C(=O)O)CC2)n1. The van der Waals surface area contributed by atoms with Crippen molar-refractivity contribution in [3.63, 3.8) is 0 Å². The van der Waals surface area contributed by atoms with Crippen molar-refractivity contribution in [3.8, 4) is 5.69 Å². The van der Waals surface area contributed by atoms with E-state index in [0.717, 1.165) is 11.3 Å². The van der Waals surface area contributed by atoms with Gasteiger partial charge in [-0.25, -0.2) is 4.68 Å². The summed E-state index contributed by atoms with van der Waals surface area (Å²) in [5, 5.41) is 13.7. The molecule has 1 N–H and O–H groups in total. The maximum absolute atomic E-state index is 11.2. The molecule has 1 aliphatic carbocycles. The highest BCUT2D eigenvalue weighted by Crippen LogP contribution is 2.47. The fraction of sp³-hybridized carbons (Fsp3) is 0.286. The highest BCUT2D eigenvalue weighted by atomic mass is 16.4. The van der Waals surface area contributed by atoms with Gasteiger partial charge in [-0.05, 0) is 37.5 Å². The highest BCUT2D eigenvalue weighted by Gasteiger charge is 2.53. The van der Waals surface area contributed by atoms with Crippen molar-refractivity contribution >= 4 is 5.97 Å². The molecule has 1 saturated carbocycles. The van der Waals surface area contributed by atoms with Gasteiger partial charge in [0.05, 0.1) is 11.4 Å². The largest absolute Gasteiger partial charge is 0.481 e. The molecular weight excluding hydrogens is 228 g/mol. The van der Waals surface area contributed by atoms with Gasteiger partial charge < -0.3 is 5.11 Å². The molecule has 0 unspecified atom stereocenters. The molecule has 1 aromatic heterocycles. The summed E-state index contributed by atoms with van der Waals surface area (Å²) < 4.78 is 1.76. The predicted octanol–water partition coefficient (Wildman–Crippen LogP) is 2.30. The molecule has 18 heavy (non-hydrogen) atoms. The number of aryl methyl sites for hydroxylation is 1. The fourth-order valence-corrected chi connectivity index (χ4v) is 2.24. The molecule has 0 saturated heterocycles. The Bertz CT molecular complexity index is 612. The van der Waals surface area contributed by atoms with Crippen molar-refractivity contribution < 1.29 is 9.90 Å². The summed E-state index contributed by atoms with van der Waals surface area (Å²) >= 11 is 0. The van der Waals surface area contributed by atoms with Crippen LogP contribution >= 0.6 is 0 Å². The van der Waals surface area contributed by atoms with E-state index in [4.69, 9.17) is 0 Å². The summed E-state index contributed by atoms with van der Waals surface area (Å²) in [6.07, 6.45) is 3.21. The number of hydrogen-bond acceptors (Lipinski definition) is 2. The summed E-state index contributed by atoms with van der Waals surface area (Å²) in [5.74, 6) is -0.766. The lowest BCUT2D eigenvalue weighted by Crippen LogP contribution is -2.20. The standard InChI is InChI=1S/C14H14N2O2/c1-10-4-2-3-5-11(10)16-9-6-12(15-16)14(7-8-14)13(17)18/h2-6,9H,7-8H2,1H3,(H,17,18). The first-order valence-electron chi connectivity index (χ1n) is 5.99. The summed E-state index contributed by atoms with van der Waals surface area (Å²) in [4.78, 5) is 11.2. The van der Waals surface area contributed by atoms with E-state index < -0.39 is 11.4 Å². The van der Waals surface area contributed by atoms with Crippen LogP contribution in [0.5, 0.6) is 0 Å². The second-order valence-electron chi connectivity index (χ2n) is 4.82. The van der Waals surface area contributed by atoms with Gasteiger partial charge in [-0.1, -0.05) is 18.2 Å². The molecule has 0 amide bonds. The van der Waals surface area contributed by atoms with Gasteiger partial charge in [0.2, 0.25) is 0 Å². The van der Waals surface area contributed by atoms with E-state index in [1.165, 1.54) is 0 Å². The van der Waals surface area contributed by atoms with Crippen LogP contribution in [-0.2, 0) is 10.2 Å². The molecule has 0 spiro atoms. The van der Waals surface area contributed by atoms with E-state index >= 15 is 0 Å². The van der Waals surface area contributed by atoms with Crippen LogP contribution in [0, 0.1) is 6.92 Å². The van der Waals surface area contributed by atoms with E-state index in [1.54, 1.807) is 4.68 Å². The van der Waals surface area contributed by atoms with Crippen LogP contribution in [0.25, 0.3) is 5.69 Å². The number of aliphatic carboxylic acids is 1. The molecular formula is C14H14N2O2. The van der Waals surface area contributed by atoms with Crippen LogP contribution in [0.1, 0.15) is 24.1 Å². The molecule has 1 fully saturated rings. The van der Waals surface area contributed by atoms with Crippen molar-refractivity contribution in [2.24, 2.45) is 0 Å². The lowest BCUT2D eigenvalue weighted by atomic mass is 10.0. The normalized spacial score (nSPS) is 16.5. The lowest BCUT2D eigenvalue weighted by Gasteiger charge is -2.07. The minimum absolute atomic E-state index is 0.665. The van der Waals surface area contributed by atoms with Crippen molar-refractivity contribution in [2.75, 3.05) is 0 Å². The van der Waals surface area contributed by atoms with Crippen LogP contribution in [0.15, 0.2) is 36.5 Å². The second kappa shape index (κ2) is 3.70. The minimum atomic E-state index is -0.766. The molecule has 1 aliphatic rings. The topological polar surface area (TPSA) is 55.1 Å². The first-order valence-corrected chi connectivity index (χ1v) is 5.99. The van der Waals surface area contributed by atoms with Crippen LogP contribution in [0.4, 0.5) is 0 Å². The third-order valence-corrected chi connectivity index (χ3v) is 3.60. The molecule has 2 aromatic rings. The van der Waals surface area contributed by atoms with E-state index in [1.807, 2.05) is 43.5 Å². The first kappa shape index (κ1) is 11.0. The number of nitrogens with zero attached hydrogens (tertiary/aromatic N) is 2. The van der Waals surface area contributed by atoms with Gasteiger partial charge >= 0.3 is 5.97 Å². The van der Waals surface area contributed by atoms with Crippen molar-refractivity contribution in [2.45, 2.75) is 25.2 Å². The number of hydrogen-bond donors (Lipinski definition) is 1. The smallest absolute Gasteiger partial charge is 0.315 e. The Morgan fingerprint density at radius 3 is 2.67 bits per heavy atom. The number of carbonyl (C=O) groups is 1. The van der Waals surface area contributed by atoms with Gasteiger partial charge in [-0.2, -0.15) is 5.10 Å². The Labute approximate surface area is 105 Å². The zero-order chi connectivity index (χ0) is 12.8. The number of benzene rings is 1. The Morgan fingerprint density at radius 1 is 1.33 bits per heavy atom. The third-order valence-electron chi connectivity index (χ3n) is 3.60. The van der Waals surface area contributed by atoms with Gasteiger partial charge in [0.25, 0.3) is 0 Å². The van der Waals surface area contributed by atoms with E-state index in [9.17, 15) is 9.90 Å². The Morgan fingerprint density at radius 2 is 2.06 bits per heavy atom. The average molecular weight is 242 g/mol. The van der Waals surface area contributed by atoms with Crippen LogP contribution in [0.3, 0.4) is 0 Å². The first-order chi connectivity index (χ1) is 8.63. The molecule has 1 aromatic carbocycles. The van der Waals surface area contributed by atoms with Crippen LogP contribution in [0.2, 0.25) is 0 Å². The lowest BCUT2D eigenvalue weighted by molar-refractivity contribution is -0.140. The Hall–Kier alpha value is -2.10. The zero-order valence-electron chi connectivity index (χ0n) is 10.1. The average Bonchev–Trinajstić information content (AvgIpc) is 3.03. The monoisotopic (exact) mass is 242 g/mol. The molecule has 0 bridgehead atoms.